The predicted octanol–water partition coefficient (Wildman–Crippen LogP) is 1.16. The van der Waals surface area contributed by atoms with Gasteiger partial charge in [0.05, 0.1) is 31.4 Å². The normalized spacial score (nSPS) is 19.0. The molecule has 13 heteroatoms. The van der Waals surface area contributed by atoms with E-state index in [9.17, 15) is 19.6 Å². The molecule has 1 fully saturated rings. The first-order valence-corrected chi connectivity index (χ1v) is 14.5. The predicted molar refractivity (Wildman–Crippen MR) is 167 cm³/mol. The molecule has 2 unspecified atom stereocenters. The number of hydrogen-bond donors (Lipinski definition) is 6. The van der Waals surface area contributed by atoms with E-state index in [-0.39, 0.29) is 36.0 Å². The van der Waals surface area contributed by atoms with E-state index in [0.29, 0.717) is 35.8 Å². The van der Waals surface area contributed by atoms with E-state index in [1.165, 1.54) is 12.1 Å². The van der Waals surface area contributed by atoms with E-state index in [2.05, 4.69) is 26.4 Å². The molecule has 2 amide bonds. The van der Waals surface area contributed by atoms with E-state index < -0.39 is 13.2 Å². The van der Waals surface area contributed by atoms with Crippen molar-refractivity contribution in [3.8, 4) is 5.75 Å². The Morgan fingerprint density at radius 2 is 1.81 bits per heavy atom. The third-order valence-corrected chi connectivity index (χ3v) is 7.73. The van der Waals surface area contributed by atoms with Gasteiger partial charge in [0.1, 0.15) is 11.9 Å². The number of carbonyl (C=O) groups excluding carboxylic acids is 2. The highest BCUT2D eigenvalue weighted by Crippen LogP contribution is 2.36. The lowest BCUT2D eigenvalue weighted by Gasteiger charge is -2.31. The van der Waals surface area contributed by atoms with Gasteiger partial charge in [-0.05, 0) is 61.3 Å². The van der Waals surface area contributed by atoms with Crippen LogP contribution in [0.4, 0.5) is 5.69 Å². The van der Waals surface area contributed by atoms with Crippen molar-refractivity contribution in [2.45, 2.75) is 38.1 Å². The van der Waals surface area contributed by atoms with Gasteiger partial charge in [-0.3, -0.25) is 14.6 Å². The number of anilines is 1. The molecule has 43 heavy (non-hydrogen) atoms. The first-order valence-electron chi connectivity index (χ1n) is 14.1. The fraction of sp³-hybridized carbons (Fsp3) is 0.300. The van der Waals surface area contributed by atoms with E-state index in [1.54, 1.807) is 19.2 Å². The molecular weight excluding hydrogens is 571 g/mol. The quantitative estimate of drug-likeness (QED) is 0.149. The van der Waals surface area contributed by atoms with Crippen LogP contribution in [0, 0.1) is 0 Å². The summed E-state index contributed by atoms with van der Waals surface area (Å²) in [6.07, 6.45) is 0.298. The zero-order valence-electron chi connectivity index (χ0n) is 23.9. The molecular formula is C30H34BClN6O5. The minimum absolute atomic E-state index is 0.0626. The highest BCUT2D eigenvalue weighted by Gasteiger charge is 2.40. The van der Waals surface area contributed by atoms with Gasteiger partial charge in [-0.15, -0.1) is 0 Å². The molecule has 0 spiro atoms. The molecule has 0 bridgehead atoms. The monoisotopic (exact) mass is 604 g/mol. The molecule has 2 heterocycles. The third-order valence-electron chi connectivity index (χ3n) is 7.47. The zero-order chi connectivity index (χ0) is 30.5. The number of benzene rings is 3. The number of hydrazine groups is 1. The van der Waals surface area contributed by atoms with Gasteiger partial charge in [0, 0.05) is 40.5 Å². The second-order valence-electron chi connectivity index (χ2n) is 10.4. The van der Waals surface area contributed by atoms with Crippen molar-refractivity contribution >= 4 is 47.4 Å². The summed E-state index contributed by atoms with van der Waals surface area (Å²) in [5.74, 6) is 0.207. The number of methoxy groups -OCH3 is 1. The number of hydrogen-bond acceptors (Lipinski definition) is 9. The van der Waals surface area contributed by atoms with Crippen molar-refractivity contribution in [2.75, 3.05) is 25.1 Å². The fourth-order valence-corrected chi connectivity index (χ4v) is 5.43. The second kappa shape index (κ2) is 13.6. The Morgan fingerprint density at radius 1 is 1.05 bits per heavy atom. The van der Waals surface area contributed by atoms with E-state index in [1.807, 2.05) is 49.4 Å². The van der Waals surface area contributed by atoms with Crippen molar-refractivity contribution in [3.05, 3.63) is 88.4 Å². The topological polar surface area (TPSA) is 148 Å². The summed E-state index contributed by atoms with van der Waals surface area (Å²) in [6, 6.07) is 19.1. The van der Waals surface area contributed by atoms with Crippen LogP contribution < -0.4 is 36.6 Å². The number of halogens is 1. The van der Waals surface area contributed by atoms with Gasteiger partial charge in [-0.25, -0.2) is 10.9 Å². The molecule has 2 aliphatic heterocycles. The number of carbonyl (C=O) groups is 2. The summed E-state index contributed by atoms with van der Waals surface area (Å²) in [7, 11) is -0.0222. The van der Waals surface area contributed by atoms with Gasteiger partial charge >= 0.3 is 7.12 Å². The second-order valence-corrected chi connectivity index (χ2v) is 10.9. The van der Waals surface area contributed by atoms with Gasteiger partial charge in [0.25, 0.3) is 5.91 Å². The maximum absolute atomic E-state index is 13.2. The minimum Gasteiger partial charge on any atom is -0.497 e. The van der Waals surface area contributed by atoms with Crippen LogP contribution in [0.2, 0.25) is 5.02 Å². The summed E-state index contributed by atoms with van der Waals surface area (Å²) in [6.45, 7) is 2.74. The Balaban J connectivity index is 1.27. The molecule has 6 N–H and O–H groups in total. The number of amides is 2. The average Bonchev–Trinajstić information content (AvgIpc) is 3.33. The molecule has 5 rings (SSSR count). The van der Waals surface area contributed by atoms with Crippen LogP contribution in [-0.2, 0) is 4.79 Å². The molecule has 224 valence electrons. The Labute approximate surface area is 255 Å². The Morgan fingerprint density at radius 3 is 2.56 bits per heavy atom. The number of aliphatic imine (C=N–C) groups is 1. The first kappa shape index (κ1) is 30.5. The molecule has 0 aliphatic carbocycles. The third kappa shape index (κ3) is 7.01. The molecule has 0 radical (unpaired) electrons. The first-order chi connectivity index (χ1) is 20.7. The zero-order valence-corrected chi connectivity index (χ0v) is 24.6. The summed E-state index contributed by atoms with van der Waals surface area (Å²) in [5, 5.41) is 25.0. The summed E-state index contributed by atoms with van der Waals surface area (Å²) >= 11 is 6.18. The number of nitrogens with one attached hydrogen (secondary N) is 4. The molecule has 3 atom stereocenters. The maximum Gasteiger partial charge on any atom is 0.488 e. The number of rotatable bonds is 10. The number of fused-ring (bicyclic) bond motifs is 3. The minimum atomic E-state index is -1.65. The smallest absolute Gasteiger partial charge is 0.488 e. The number of ether oxygens (including phenoxy) is 1. The van der Waals surface area contributed by atoms with Gasteiger partial charge in [-0.2, -0.15) is 0 Å². The van der Waals surface area contributed by atoms with Crippen molar-refractivity contribution in [1.29, 1.82) is 0 Å². The van der Waals surface area contributed by atoms with Crippen molar-refractivity contribution < 1.29 is 24.4 Å². The maximum atomic E-state index is 13.2. The molecule has 3 aromatic rings. The van der Waals surface area contributed by atoms with Crippen LogP contribution >= 0.6 is 11.6 Å². The molecule has 3 aromatic carbocycles. The van der Waals surface area contributed by atoms with Crippen LogP contribution in [0.15, 0.2) is 71.7 Å². The standard InChI is InChI=1S/C30H34BClN6O5/c1-18-36-37-29-25(17-27(39)33-13-4-14-34-30(40)20-5-3-6-21(15-20)31(41)42)35-28(19-7-9-22(32)10-8-19)24-16-23(43-2)11-12-26(24)38(18)29/h3,5-12,15-16,18,25,29,36-37,41-42H,4,13-14,17H2,1-2H3,(H,33,39)(H,34,40)/t18?,25-,29?/m0/s1. The van der Waals surface area contributed by atoms with Crippen LogP contribution in [-0.4, -0.2) is 73.3 Å². The van der Waals surface area contributed by atoms with Crippen LogP contribution in [0.1, 0.15) is 41.3 Å². The Bertz CT molecular complexity index is 1500. The van der Waals surface area contributed by atoms with Crippen molar-refractivity contribution in [1.82, 2.24) is 21.5 Å². The van der Waals surface area contributed by atoms with E-state index >= 15 is 0 Å². The highest BCUT2D eigenvalue weighted by atomic mass is 35.5. The summed E-state index contributed by atoms with van der Waals surface area (Å²) in [5.41, 5.74) is 10.6. The largest absolute Gasteiger partial charge is 0.497 e. The molecule has 0 saturated carbocycles. The van der Waals surface area contributed by atoms with Gasteiger partial charge < -0.3 is 30.3 Å². The van der Waals surface area contributed by atoms with Gasteiger partial charge in [-0.1, -0.05) is 35.9 Å². The van der Waals surface area contributed by atoms with Gasteiger partial charge in [0.2, 0.25) is 5.91 Å². The molecule has 0 aromatic heterocycles. The van der Waals surface area contributed by atoms with Gasteiger partial charge in [0.15, 0.2) is 0 Å². The van der Waals surface area contributed by atoms with Crippen LogP contribution in [0.5, 0.6) is 5.75 Å². The lowest BCUT2D eigenvalue weighted by molar-refractivity contribution is -0.121. The highest BCUT2D eigenvalue weighted by molar-refractivity contribution is 6.58. The molecule has 1 saturated heterocycles. The van der Waals surface area contributed by atoms with E-state index in [4.69, 9.17) is 21.3 Å². The lowest BCUT2D eigenvalue weighted by atomic mass is 9.79. The van der Waals surface area contributed by atoms with Crippen molar-refractivity contribution in [3.63, 3.8) is 0 Å². The summed E-state index contributed by atoms with van der Waals surface area (Å²) in [4.78, 5) is 32.9. The van der Waals surface area contributed by atoms with E-state index in [0.717, 1.165) is 22.5 Å². The van der Waals surface area contributed by atoms with Crippen LogP contribution in [0.25, 0.3) is 0 Å². The SMILES string of the molecule is COc1ccc2c(c1)C(c1ccc(Cl)cc1)=N[C@@H](CC(=O)NCCCNC(=O)c1cccc(B(O)O)c1)C1NNC(C)N21. The average molecular weight is 605 g/mol. The summed E-state index contributed by atoms with van der Waals surface area (Å²) < 4.78 is 5.54. The molecule has 2 aliphatic rings. The fourth-order valence-electron chi connectivity index (χ4n) is 5.31. The Kier molecular flexibility index (Phi) is 9.64. The number of nitrogens with zero attached hydrogens (tertiary/aromatic N) is 2. The van der Waals surface area contributed by atoms with Crippen LogP contribution in [0.3, 0.4) is 0 Å². The lowest BCUT2D eigenvalue weighted by Crippen LogP contribution is -2.47. The van der Waals surface area contributed by atoms with Crippen molar-refractivity contribution in [2.24, 2.45) is 4.99 Å². The Hall–Kier alpha value is -3.94. The molecule has 11 nitrogen and oxygen atoms in total.